The zero-order valence-electron chi connectivity index (χ0n) is 16.8. The van der Waals surface area contributed by atoms with Crippen molar-refractivity contribution in [2.45, 2.75) is 25.6 Å². The van der Waals surface area contributed by atoms with Gasteiger partial charge in [-0.1, -0.05) is 0 Å². The molecule has 0 saturated carbocycles. The second-order valence-corrected chi connectivity index (χ2v) is 8.59. The topological polar surface area (TPSA) is 91.7 Å². The molecule has 0 amide bonds. The Balaban J connectivity index is 0.000000339. The molecule has 12 heteroatoms. The van der Waals surface area contributed by atoms with Crippen LogP contribution in [0.15, 0.2) is 30.3 Å². The summed E-state index contributed by atoms with van der Waals surface area (Å²) in [6, 6.07) is 0. The number of aliphatic carboxylic acids is 1. The highest BCUT2D eigenvalue weighted by Crippen LogP contribution is 2.35. The number of rotatable bonds is 3. The Morgan fingerprint density at radius 2 is 2.00 bits per heavy atom. The first-order chi connectivity index (χ1) is 14.8. The van der Waals surface area contributed by atoms with Crippen LogP contribution in [-0.4, -0.2) is 76.5 Å². The highest BCUT2D eigenvalue weighted by molar-refractivity contribution is 7.09. The van der Waals surface area contributed by atoms with E-state index in [0.29, 0.717) is 0 Å². The molecule has 2 aromatic rings. The minimum Gasteiger partial charge on any atom is -0.475 e. The highest BCUT2D eigenvalue weighted by atomic mass is 32.1. The minimum atomic E-state index is -5.08. The number of carbonyl (C=O) groups is 1. The molecule has 1 unspecified atom stereocenters. The van der Waals surface area contributed by atoms with Crippen molar-refractivity contribution >= 4 is 23.0 Å². The van der Waals surface area contributed by atoms with Crippen molar-refractivity contribution in [3.8, 4) is 0 Å². The molecule has 0 aromatic carbocycles. The summed E-state index contributed by atoms with van der Waals surface area (Å²) < 4.78 is 37.7. The molecule has 2 aromatic heterocycles. The van der Waals surface area contributed by atoms with Gasteiger partial charge in [0.15, 0.2) is 0 Å². The van der Waals surface area contributed by atoms with E-state index in [-0.39, 0.29) is 5.41 Å². The Morgan fingerprint density at radius 3 is 2.65 bits per heavy atom. The van der Waals surface area contributed by atoms with Gasteiger partial charge in [-0.2, -0.15) is 13.2 Å². The smallest absolute Gasteiger partial charge is 0.475 e. The Hall–Kier alpha value is -2.31. The van der Waals surface area contributed by atoms with Crippen LogP contribution in [0.25, 0.3) is 0 Å². The molecule has 0 bridgehead atoms. The van der Waals surface area contributed by atoms with Crippen LogP contribution in [0.1, 0.15) is 17.8 Å². The fraction of sp³-hybridized carbons (Fsp3) is 0.579. The van der Waals surface area contributed by atoms with E-state index in [1.165, 1.54) is 17.8 Å². The maximum atomic E-state index is 10.6. The Morgan fingerprint density at radius 1 is 1.26 bits per heavy atom. The third kappa shape index (κ3) is 6.84. The Bertz CT molecular complexity index is 825. The van der Waals surface area contributed by atoms with Crippen LogP contribution in [0.3, 0.4) is 0 Å². The molecule has 1 N–H and O–H groups in total. The number of hydrogen-bond acceptors (Lipinski definition) is 8. The maximum absolute atomic E-state index is 10.6. The average molecular weight is 459 g/mol. The number of ether oxygens (including phenoxy) is 1. The lowest BCUT2D eigenvalue weighted by atomic mass is 9.80. The van der Waals surface area contributed by atoms with E-state index in [1.807, 2.05) is 18.6 Å². The first kappa shape index (κ1) is 23.4. The Kier molecular flexibility index (Phi) is 7.79. The predicted octanol–water partition coefficient (Wildman–Crippen LogP) is 2.69. The van der Waals surface area contributed by atoms with Gasteiger partial charge in [-0.3, -0.25) is 4.90 Å². The summed E-state index contributed by atoms with van der Waals surface area (Å²) in [6.07, 6.45) is 4.64. The zero-order chi connectivity index (χ0) is 22.3. The molecule has 2 fully saturated rings. The summed E-state index contributed by atoms with van der Waals surface area (Å²) in [6.45, 7) is 6.69. The molecule has 1 atom stereocenters. The van der Waals surface area contributed by atoms with Gasteiger partial charge < -0.3 is 14.7 Å². The SMILES string of the molecule is O=C(O)C(F)(F)F.c1ncc(N2CCOCC3(CCCN(Cc4nccs4)C3)C2)cn1. The largest absolute Gasteiger partial charge is 0.490 e. The fourth-order valence-electron chi connectivity index (χ4n) is 3.88. The third-order valence-corrected chi connectivity index (χ3v) is 5.94. The fourth-order valence-corrected chi connectivity index (χ4v) is 4.54. The molecular weight excluding hydrogens is 435 g/mol. The van der Waals surface area contributed by atoms with Crippen molar-refractivity contribution < 1.29 is 27.8 Å². The summed E-state index contributed by atoms with van der Waals surface area (Å²) in [5.41, 5.74) is 1.28. The van der Waals surface area contributed by atoms with Crippen molar-refractivity contribution in [2.75, 3.05) is 44.3 Å². The summed E-state index contributed by atoms with van der Waals surface area (Å²) in [5.74, 6) is -2.76. The number of aromatic nitrogens is 3. The van der Waals surface area contributed by atoms with E-state index in [0.717, 1.165) is 51.6 Å². The van der Waals surface area contributed by atoms with Crippen LogP contribution in [-0.2, 0) is 16.1 Å². The van der Waals surface area contributed by atoms with Crippen molar-refractivity contribution in [3.63, 3.8) is 0 Å². The van der Waals surface area contributed by atoms with Gasteiger partial charge in [-0.15, -0.1) is 11.3 Å². The quantitative estimate of drug-likeness (QED) is 0.749. The van der Waals surface area contributed by atoms with Crippen LogP contribution >= 0.6 is 11.3 Å². The number of hydrogen-bond donors (Lipinski definition) is 1. The van der Waals surface area contributed by atoms with Crippen LogP contribution in [0.4, 0.5) is 18.9 Å². The second kappa shape index (κ2) is 10.3. The number of piperidine rings is 1. The van der Waals surface area contributed by atoms with E-state index in [2.05, 4.69) is 30.1 Å². The van der Waals surface area contributed by atoms with Gasteiger partial charge in [0, 0.05) is 36.6 Å². The molecule has 170 valence electrons. The summed E-state index contributed by atoms with van der Waals surface area (Å²) in [5, 5.41) is 10.4. The number of likely N-dealkylation sites (tertiary alicyclic amines) is 1. The number of carboxylic acid groups (broad SMARTS) is 1. The number of alkyl halides is 3. The highest BCUT2D eigenvalue weighted by Gasteiger charge is 2.39. The van der Waals surface area contributed by atoms with Gasteiger partial charge in [0.2, 0.25) is 0 Å². The van der Waals surface area contributed by atoms with E-state index in [4.69, 9.17) is 14.6 Å². The number of carboxylic acids is 1. The number of anilines is 1. The lowest BCUT2D eigenvalue weighted by Gasteiger charge is -2.43. The lowest BCUT2D eigenvalue weighted by Crippen LogP contribution is -2.50. The van der Waals surface area contributed by atoms with E-state index < -0.39 is 12.1 Å². The Labute approximate surface area is 181 Å². The molecule has 2 aliphatic rings. The van der Waals surface area contributed by atoms with Crippen molar-refractivity contribution in [1.29, 1.82) is 0 Å². The van der Waals surface area contributed by atoms with Crippen molar-refractivity contribution in [2.24, 2.45) is 5.41 Å². The van der Waals surface area contributed by atoms with Gasteiger partial charge in [-0.25, -0.2) is 19.7 Å². The average Bonchev–Trinajstić information content (AvgIpc) is 3.16. The molecule has 1 spiro atoms. The van der Waals surface area contributed by atoms with E-state index in [9.17, 15) is 13.2 Å². The molecule has 2 aliphatic heterocycles. The van der Waals surface area contributed by atoms with Crippen molar-refractivity contribution in [3.05, 3.63) is 35.3 Å². The summed E-state index contributed by atoms with van der Waals surface area (Å²) in [7, 11) is 0. The standard InChI is InChI=1S/C17H23N5OS.C2HF3O2/c1-2-17(11-21(4-1)10-16-20-3-7-24-16)12-22(5-6-23-13-17)15-8-18-14-19-9-15;3-2(4,5)1(6)7/h3,7-9,14H,1-2,4-6,10-13H2;(H,6,7). The van der Waals surface area contributed by atoms with Gasteiger partial charge in [0.1, 0.15) is 11.3 Å². The molecule has 0 radical (unpaired) electrons. The minimum absolute atomic E-state index is 0.182. The third-order valence-electron chi connectivity index (χ3n) is 5.18. The summed E-state index contributed by atoms with van der Waals surface area (Å²) in [4.78, 5) is 26.6. The molecule has 4 rings (SSSR count). The molecule has 0 aliphatic carbocycles. The van der Waals surface area contributed by atoms with Gasteiger partial charge in [-0.05, 0) is 19.4 Å². The lowest BCUT2D eigenvalue weighted by molar-refractivity contribution is -0.192. The second-order valence-electron chi connectivity index (χ2n) is 7.61. The monoisotopic (exact) mass is 459 g/mol. The maximum Gasteiger partial charge on any atom is 0.490 e. The molecule has 31 heavy (non-hydrogen) atoms. The number of nitrogens with zero attached hydrogens (tertiary/aromatic N) is 5. The van der Waals surface area contributed by atoms with Crippen LogP contribution in [0, 0.1) is 5.41 Å². The first-order valence-corrected chi connectivity index (χ1v) is 10.6. The molecule has 4 heterocycles. The van der Waals surface area contributed by atoms with Gasteiger partial charge in [0.25, 0.3) is 0 Å². The van der Waals surface area contributed by atoms with Gasteiger partial charge in [0.05, 0.1) is 37.8 Å². The van der Waals surface area contributed by atoms with E-state index >= 15 is 0 Å². The summed E-state index contributed by atoms with van der Waals surface area (Å²) >= 11 is 1.74. The first-order valence-electron chi connectivity index (χ1n) is 9.76. The molecular formula is C19H24F3N5O3S. The van der Waals surface area contributed by atoms with Gasteiger partial charge >= 0.3 is 12.1 Å². The predicted molar refractivity (Wildman–Crippen MR) is 108 cm³/mol. The van der Waals surface area contributed by atoms with E-state index in [1.54, 1.807) is 17.7 Å². The van der Waals surface area contributed by atoms with Crippen molar-refractivity contribution in [1.82, 2.24) is 19.9 Å². The normalized spacial score (nSPS) is 22.5. The van der Waals surface area contributed by atoms with Crippen LogP contribution in [0.2, 0.25) is 0 Å². The molecule has 2 saturated heterocycles. The van der Waals surface area contributed by atoms with Crippen LogP contribution in [0.5, 0.6) is 0 Å². The number of thiazole rings is 1. The molecule has 8 nitrogen and oxygen atoms in total. The number of halogens is 3. The van der Waals surface area contributed by atoms with Crippen LogP contribution < -0.4 is 4.90 Å². The zero-order valence-corrected chi connectivity index (χ0v) is 17.6.